The van der Waals surface area contributed by atoms with Crippen LogP contribution in [0.5, 0.6) is 17.2 Å². The standard InChI is InChI=1S/C19H17BrN2O5/c1-25-15-8-11(9-16(26-2)17(15)27-3)7-14-18(23)21-22(19(14)24)13-6-4-5-12(20)10-13/h4-10H,1-3H3,(H,21,23). The van der Waals surface area contributed by atoms with Gasteiger partial charge in [-0.3, -0.25) is 15.0 Å². The van der Waals surface area contributed by atoms with Crippen molar-refractivity contribution < 1.29 is 23.8 Å². The first-order valence-corrected chi connectivity index (χ1v) is 8.70. The van der Waals surface area contributed by atoms with Crippen molar-refractivity contribution in [2.75, 3.05) is 26.3 Å². The van der Waals surface area contributed by atoms with E-state index in [1.54, 1.807) is 30.3 Å². The summed E-state index contributed by atoms with van der Waals surface area (Å²) < 4.78 is 16.7. The molecule has 1 heterocycles. The van der Waals surface area contributed by atoms with Crippen molar-refractivity contribution in [1.82, 2.24) is 5.43 Å². The fraction of sp³-hybridized carbons (Fsp3) is 0.158. The van der Waals surface area contributed by atoms with Gasteiger partial charge in [-0.25, -0.2) is 5.01 Å². The average molecular weight is 433 g/mol. The predicted octanol–water partition coefficient (Wildman–Crippen LogP) is 2.94. The third-order valence-corrected chi connectivity index (χ3v) is 4.45. The van der Waals surface area contributed by atoms with Crippen molar-refractivity contribution in [3.63, 3.8) is 0 Å². The van der Waals surface area contributed by atoms with Gasteiger partial charge in [-0.2, -0.15) is 0 Å². The summed E-state index contributed by atoms with van der Waals surface area (Å²) >= 11 is 3.35. The Bertz CT molecular complexity index is 916. The van der Waals surface area contributed by atoms with Crippen LogP contribution in [0.25, 0.3) is 6.08 Å². The fourth-order valence-corrected chi connectivity index (χ4v) is 3.09. The number of halogens is 1. The molecule has 2 aromatic rings. The van der Waals surface area contributed by atoms with Gasteiger partial charge in [0.1, 0.15) is 5.57 Å². The Kier molecular flexibility index (Phi) is 5.36. The van der Waals surface area contributed by atoms with Crippen LogP contribution in [0.15, 0.2) is 46.4 Å². The second-order valence-electron chi connectivity index (χ2n) is 5.58. The highest BCUT2D eigenvalue weighted by Gasteiger charge is 2.34. The van der Waals surface area contributed by atoms with Gasteiger partial charge >= 0.3 is 0 Å². The largest absolute Gasteiger partial charge is 0.493 e. The Labute approximate surface area is 164 Å². The number of carbonyl (C=O) groups excluding carboxylic acids is 2. The van der Waals surface area contributed by atoms with E-state index in [-0.39, 0.29) is 5.57 Å². The van der Waals surface area contributed by atoms with Crippen LogP contribution in [0.3, 0.4) is 0 Å². The Morgan fingerprint density at radius 2 is 1.67 bits per heavy atom. The van der Waals surface area contributed by atoms with Crippen molar-refractivity contribution in [3.8, 4) is 17.2 Å². The highest BCUT2D eigenvalue weighted by molar-refractivity contribution is 9.10. The van der Waals surface area contributed by atoms with Gasteiger partial charge < -0.3 is 14.2 Å². The van der Waals surface area contributed by atoms with E-state index in [4.69, 9.17) is 14.2 Å². The molecule has 0 aromatic heterocycles. The number of nitrogens with one attached hydrogen (secondary N) is 1. The topological polar surface area (TPSA) is 77.1 Å². The van der Waals surface area contributed by atoms with Crippen LogP contribution in [-0.2, 0) is 9.59 Å². The highest BCUT2D eigenvalue weighted by atomic mass is 79.9. The van der Waals surface area contributed by atoms with E-state index in [1.165, 1.54) is 32.4 Å². The molecule has 27 heavy (non-hydrogen) atoms. The molecule has 0 bridgehead atoms. The van der Waals surface area contributed by atoms with Gasteiger partial charge in [0.2, 0.25) is 5.75 Å². The lowest BCUT2D eigenvalue weighted by atomic mass is 10.1. The Morgan fingerprint density at radius 1 is 1.00 bits per heavy atom. The van der Waals surface area contributed by atoms with Crippen LogP contribution in [0.2, 0.25) is 0 Å². The second kappa shape index (κ2) is 7.71. The lowest BCUT2D eigenvalue weighted by molar-refractivity contribution is -0.117. The maximum Gasteiger partial charge on any atom is 0.282 e. The van der Waals surface area contributed by atoms with E-state index in [1.807, 2.05) is 6.07 Å². The Hall–Kier alpha value is -3.00. The number of hydrogen-bond donors (Lipinski definition) is 1. The summed E-state index contributed by atoms with van der Waals surface area (Å²) in [5.41, 5.74) is 3.69. The van der Waals surface area contributed by atoms with E-state index >= 15 is 0 Å². The minimum absolute atomic E-state index is 0.00393. The van der Waals surface area contributed by atoms with Crippen LogP contribution >= 0.6 is 15.9 Å². The molecule has 0 spiro atoms. The smallest absolute Gasteiger partial charge is 0.282 e. The number of nitrogens with zero attached hydrogens (tertiary/aromatic N) is 1. The van der Waals surface area contributed by atoms with E-state index < -0.39 is 11.8 Å². The molecule has 0 aliphatic carbocycles. The summed E-state index contributed by atoms with van der Waals surface area (Å²) in [7, 11) is 4.50. The van der Waals surface area contributed by atoms with Gasteiger partial charge in [-0.1, -0.05) is 22.0 Å². The predicted molar refractivity (Wildman–Crippen MR) is 104 cm³/mol. The molecule has 0 atom stereocenters. The number of methoxy groups -OCH3 is 3. The molecule has 1 aliphatic rings. The first-order chi connectivity index (χ1) is 13.0. The Balaban J connectivity index is 2.00. The number of ether oxygens (including phenoxy) is 3. The van der Waals surface area contributed by atoms with E-state index in [0.29, 0.717) is 28.5 Å². The quantitative estimate of drug-likeness (QED) is 0.580. The van der Waals surface area contributed by atoms with Gasteiger partial charge in [-0.15, -0.1) is 0 Å². The molecule has 2 amide bonds. The van der Waals surface area contributed by atoms with E-state index in [9.17, 15) is 9.59 Å². The van der Waals surface area contributed by atoms with Crippen LogP contribution in [0.1, 0.15) is 5.56 Å². The number of amides is 2. The van der Waals surface area contributed by atoms with Crippen molar-refractivity contribution >= 4 is 39.5 Å². The van der Waals surface area contributed by atoms with Gasteiger partial charge in [-0.05, 0) is 42.0 Å². The normalized spacial score (nSPS) is 15.1. The zero-order valence-electron chi connectivity index (χ0n) is 14.9. The molecule has 0 unspecified atom stereocenters. The third kappa shape index (κ3) is 3.61. The summed E-state index contributed by atoms with van der Waals surface area (Å²) in [6.45, 7) is 0. The fourth-order valence-electron chi connectivity index (χ4n) is 2.71. The van der Waals surface area contributed by atoms with Crippen LogP contribution in [-0.4, -0.2) is 33.1 Å². The van der Waals surface area contributed by atoms with Gasteiger partial charge in [0.05, 0.1) is 27.0 Å². The monoisotopic (exact) mass is 432 g/mol. The summed E-state index contributed by atoms with van der Waals surface area (Å²) in [6, 6.07) is 10.4. The molecule has 140 valence electrons. The summed E-state index contributed by atoms with van der Waals surface area (Å²) in [6.07, 6.45) is 1.49. The molecule has 0 saturated carbocycles. The molecular weight excluding hydrogens is 416 g/mol. The lowest BCUT2D eigenvalue weighted by Gasteiger charge is -2.14. The van der Waals surface area contributed by atoms with Crippen molar-refractivity contribution in [1.29, 1.82) is 0 Å². The highest BCUT2D eigenvalue weighted by Crippen LogP contribution is 2.39. The molecule has 2 aromatic carbocycles. The number of benzene rings is 2. The summed E-state index contributed by atoms with van der Waals surface area (Å²) in [5, 5.41) is 1.21. The van der Waals surface area contributed by atoms with Crippen LogP contribution < -0.4 is 24.6 Å². The van der Waals surface area contributed by atoms with Crippen LogP contribution in [0.4, 0.5) is 5.69 Å². The van der Waals surface area contributed by atoms with E-state index in [2.05, 4.69) is 21.4 Å². The first kappa shape index (κ1) is 18.8. The summed E-state index contributed by atoms with van der Waals surface area (Å²) in [5.74, 6) is 0.345. The second-order valence-corrected chi connectivity index (χ2v) is 6.49. The van der Waals surface area contributed by atoms with Crippen molar-refractivity contribution in [3.05, 3.63) is 52.0 Å². The molecule has 1 fully saturated rings. The molecule has 1 saturated heterocycles. The number of rotatable bonds is 5. The minimum atomic E-state index is -0.492. The molecule has 3 rings (SSSR count). The molecule has 0 radical (unpaired) electrons. The number of hydrazine groups is 1. The molecule has 1 aliphatic heterocycles. The zero-order valence-corrected chi connectivity index (χ0v) is 16.5. The summed E-state index contributed by atoms with van der Waals surface area (Å²) in [4.78, 5) is 25.1. The van der Waals surface area contributed by atoms with E-state index in [0.717, 1.165) is 4.47 Å². The Morgan fingerprint density at radius 3 is 2.22 bits per heavy atom. The minimum Gasteiger partial charge on any atom is -0.493 e. The third-order valence-electron chi connectivity index (χ3n) is 3.96. The maximum atomic E-state index is 12.7. The molecular formula is C19H17BrN2O5. The van der Waals surface area contributed by atoms with Crippen molar-refractivity contribution in [2.45, 2.75) is 0 Å². The molecule has 7 nitrogen and oxygen atoms in total. The van der Waals surface area contributed by atoms with Gasteiger partial charge in [0.15, 0.2) is 11.5 Å². The van der Waals surface area contributed by atoms with Gasteiger partial charge in [0, 0.05) is 4.47 Å². The maximum absolute atomic E-state index is 12.7. The number of carbonyl (C=O) groups is 2. The average Bonchev–Trinajstić information content (AvgIpc) is 2.95. The first-order valence-electron chi connectivity index (χ1n) is 7.91. The molecule has 1 N–H and O–H groups in total. The SMILES string of the molecule is COc1cc(C=C2C(=O)NN(c3cccc(Br)c3)C2=O)cc(OC)c1OC. The molecule has 8 heteroatoms. The lowest BCUT2D eigenvalue weighted by Crippen LogP contribution is -2.35. The van der Waals surface area contributed by atoms with Crippen molar-refractivity contribution in [2.24, 2.45) is 0 Å². The van der Waals surface area contributed by atoms with Crippen LogP contribution in [0, 0.1) is 0 Å². The number of hydrogen-bond acceptors (Lipinski definition) is 5. The zero-order chi connectivity index (χ0) is 19.6. The van der Waals surface area contributed by atoms with Gasteiger partial charge in [0.25, 0.3) is 11.8 Å². The number of anilines is 1.